The molecular weight excluding hydrogens is 876 g/mol. The fourth-order valence-corrected chi connectivity index (χ4v) is 7.52. The number of likely N-dealkylation sites (tertiary alicyclic amines) is 2. The van der Waals surface area contributed by atoms with E-state index in [4.69, 9.17) is 36.3 Å². The minimum absolute atomic E-state index is 0.180. The molecule has 2 fully saturated rings. The number of piperidine rings is 2. The Balaban J connectivity index is 0.000000183. The fourth-order valence-electron chi connectivity index (χ4n) is 7.34. The van der Waals surface area contributed by atoms with Crippen LogP contribution >= 0.6 is 11.6 Å². The molecule has 6 aromatic rings. The number of nitrogens with zero attached hydrogens (tertiary/aromatic N) is 6. The van der Waals surface area contributed by atoms with Gasteiger partial charge >= 0.3 is 12.2 Å². The monoisotopic (exact) mass is 928 g/mol. The molecule has 348 valence electrons. The molecule has 2 aromatic heterocycles. The minimum Gasteiger partial charge on any atom is -0.496 e. The molecule has 0 saturated carbocycles. The molecule has 4 heterocycles. The summed E-state index contributed by atoms with van der Waals surface area (Å²) in [5, 5.41) is 2.49. The van der Waals surface area contributed by atoms with Gasteiger partial charge in [-0.3, -0.25) is 9.59 Å². The van der Waals surface area contributed by atoms with Crippen LogP contribution in [-0.2, 0) is 32.3 Å². The summed E-state index contributed by atoms with van der Waals surface area (Å²) in [7, 11) is 3.23. The molecule has 0 bridgehead atoms. The molecule has 0 aliphatic carbocycles. The van der Waals surface area contributed by atoms with Gasteiger partial charge in [-0.15, -0.1) is 0 Å². The molecule has 17 heteroatoms. The number of carbonyl (C=O) groups is 4. The first-order valence-electron chi connectivity index (χ1n) is 21.7. The normalized spacial score (nSPS) is 15.3. The zero-order valence-electron chi connectivity index (χ0n) is 37.3. The quantitative estimate of drug-likeness (QED) is 0.117. The third-order valence-electron chi connectivity index (χ3n) is 10.8. The average molecular weight is 929 g/mol. The molecule has 67 heavy (non-hydrogen) atoms. The highest BCUT2D eigenvalue weighted by Crippen LogP contribution is 2.30. The van der Waals surface area contributed by atoms with Crippen molar-refractivity contribution in [1.82, 2.24) is 29.7 Å². The Bertz CT molecular complexity index is 2560. The summed E-state index contributed by atoms with van der Waals surface area (Å²) in [6.45, 7) is 2.31. The van der Waals surface area contributed by atoms with E-state index in [-0.39, 0.29) is 42.3 Å². The lowest BCUT2D eigenvalue weighted by molar-refractivity contribution is -0.121. The van der Waals surface area contributed by atoms with E-state index in [0.29, 0.717) is 55.7 Å². The Morgan fingerprint density at radius 1 is 0.627 bits per heavy atom. The van der Waals surface area contributed by atoms with Gasteiger partial charge < -0.3 is 39.8 Å². The maximum Gasteiger partial charge on any atom is 0.410 e. The summed E-state index contributed by atoms with van der Waals surface area (Å²) in [5.74, 6) is 1.53. The molecule has 3 N–H and O–H groups in total. The zero-order chi connectivity index (χ0) is 47.4. The molecule has 0 unspecified atom stereocenters. The topological polar surface area (TPSA) is 201 Å². The number of methoxy groups -OCH3 is 2. The van der Waals surface area contributed by atoms with E-state index in [1.54, 1.807) is 36.2 Å². The van der Waals surface area contributed by atoms with Crippen molar-refractivity contribution in [2.75, 3.05) is 51.4 Å². The van der Waals surface area contributed by atoms with Gasteiger partial charge in [0, 0.05) is 49.4 Å². The van der Waals surface area contributed by atoms with Crippen molar-refractivity contribution >= 4 is 46.6 Å². The second-order valence-corrected chi connectivity index (χ2v) is 15.8. The Morgan fingerprint density at radius 2 is 1.09 bits per heavy atom. The molecule has 2 aliphatic heterocycles. The van der Waals surface area contributed by atoms with E-state index in [1.807, 2.05) is 109 Å². The van der Waals surface area contributed by atoms with Crippen LogP contribution in [0.2, 0.25) is 0 Å². The van der Waals surface area contributed by atoms with E-state index in [0.717, 1.165) is 53.0 Å². The van der Waals surface area contributed by atoms with Gasteiger partial charge in [0.15, 0.2) is 0 Å². The number of carbonyl (C=O) groups excluding carboxylic acids is 4. The highest BCUT2D eigenvalue weighted by molar-refractivity contribution is 6.64. The first kappa shape index (κ1) is 48.9. The lowest BCUT2D eigenvalue weighted by Crippen LogP contribution is -2.44. The molecule has 2 atom stereocenters. The third-order valence-corrected chi connectivity index (χ3v) is 11.1. The SMILES string of the molecule is COc1ccccc1-c1cc(N)ncn1.COc1ccccc1-c1cc(NC(=O)[C@H]2CCCN(C(=O)OCc3ccccc3)C2)ncn1.O=C(Cl)[C@H]1CCCN(C(=O)OCc2ccccc2)C1. The Hall–Kier alpha value is -7.59. The lowest BCUT2D eigenvalue weighted by atomic mass is 9.97. The number of aromatic nitrogens is 4. The number of nitrogen functional groups attached to an aromatic ring is 1. The van der Waals surface area contributed by atoms with Gasteiger partial charge in [-0.25, -0.2) is 29.5 Å². The van der Waals surface area contributed by atoms with Crippen LogP contribution in [0.5, 0.6) is 11.5 Å². The van der Waals surface area contributed by atoms with Crippen LogP contribution in [0.4, 0.5) is 21.2 Å². The van der Waals surface area contributed by atoms with Crippen LogP contribution in [0.1, 0.15) is 36.8 Å². The highest BCUT2D eigenvalue weighted by atomic mass is 35.5. The molecule has 3 amide bonds. The van der Waals surface area contributed by atoms with Gasteiger partial charge in [-0.05, 0) is 72.7 Å². The van der Waals surface area contributed by atoms with Gasteiger partial charge in [0.05, 0.1) is 37.4 Å². The van der Waals surface area contributed by atoms with Crippen molar-refractivity contribution in [2.45, 2.75) is 38.9 Å². The van der Waals surface area contributed by atoms with Gasteiger partial charge in [0.25, 0.3) is 0 Å². The van der Waals surface area contributed by atoms with Gasteiger partial charge in [-0.1, -0.05) is 84.9 Å². The van der Waals surface area contributed by atoms with Crippen molar-refractivity contribution in [3.05, 3.63) is 145 Å². The first-order valence-corrected chi connectivity index (χ1v) is 22.1. The summed E-state index contributed by atoms with van der Waals surface area (Å²) >= 11 is 5.48. The Kier molecular flexibility index (Phi) is 18.4. The number of rotatable bonds is 11. The second-order valence-electron chi connectivity index (χ2n) is 15.5. The van der Waals surface area contributed by atoms with Crippen LogP contribution in [0.3, 0.4) is 0 Å². The lowest BCUT2D eigenvalue weighted by Gasteiger charge is -2.31. The van der Waals surface area contributed by atoms with E-state index < -0.39 is 6.09 Å². The van der Waals surface area contributed by atoms with Crippen molar-refractivity contribution in [3.63, 3.8) is 0 Å². The largest absolute Gasteiger partial charge is 0.496 e. The number of hydrogen-bond acceptors (Lipinski definition) is 13. The van der Waals surface area contributed by atoms with E-state index in [1.165, 1.54) is 12.7 Å². The third kappa shape index (κ3) is 14.7. The zero-order valence-corrected chi connectivity index (χ0v) is 38.1. The van der Waals surface area contributed by atoms with Crippen molar-refractivity contribution < 1.29 is 38.1 Å². The van der Waals surface area contributed by atoms with Crippen molar-refractivity contribution in [2.24, 2.45) is 11.8 Å². The number of anilines is 2. The number of benzene rings is 4. The van der Waals surface area contributed by atoms with Crippen LogP contribution in [0.25, 0.3) is 22.5 Å². The average Bonchev–Trinajstić information content (AvgIpc) is 3.38. The Labute approximate surface area is 394 Å². The molecule has 2 saturated heterocycles. The van der Waals surface area contributed by atoms with Gasteiger partial charge in [0.2, 0.25) is 11.1 Å². The maximum absolute atomic E-state index is 12.9. The molecule has 8 rings (SSSR count). The highest BCUT2D eigenvalue weighted by Gasteiger charge is 2.30. The standard InChI is InChI=1S/C25H26N4O4.C14H16ClNO3.C11H11N3O/c1-32-22-12-6-5-11-20(22)21-14-23(27-17-26-21)28-24(30)19-10-7-13-29(15-19)25(31)33-16-18-8-3-2-4-9-18;15-13(17)12-7-4-8-16(9-12)14(18)19-10-11-5-2-1-3-6-11;1-15-10-5-3-2-4-8(10)9-6-11(12)14-7-13-9/h2-6,8-9,11-12,14,17,19H,7,10,13,15-16H2,1H3,(H,26,27,28,30);1-3,5-6,12H,4,7-10H2;2-7H,1H3,(H2,12,13,14)/t19-;12-;/m00./s1. The summed E-state index contributed by atoms with van der Waals surface area (Å²) in [4.78, 5) is 68.1. The molecule has 2 aliphatic rings. The van der Waals surface area contributed by atoms with Crippen LogP contribution in [0.15, 0.2) is 134 Å². The van der Waals surface area contributed by atoms with E-state index in [2.05, 4.69) is 25.3 Å². The molecule has 4 aromatic carbocycles. The summed E-state index contributed by atoms with van der Waals surface area (Å²) < 4.78 is 21.3. The van der Waals surface area contributed by atoms with Crippen molar-refractivity contribution in [1.29, 1.82) is 0 Å². The second kappa shape index (κ2) is 25.2. The number of nitrogens with two attached hydrogens (primary N) is 1. The maximum atomic E-state index is 12.9. The number of halogens is 1. The van der Waals surface area contributed by atoms with Gasteiger partial charge in [0.1, 0.15) is 49.0 Å². The summed E-state index contributed by atoms with van der Waals surface area (Å²) in [5.41, 5.74) is 10.6. The predicted molar refractivity (Wildman–Crippen MR) is 254 cm³/mol. The first-order chi connectivity index (χ1) is 32.6. The molecule has 0 radical (unpaired) electrons. The number of para-hydroxylation sites is 2. The number of amides is 3. The molecular formula is C50H53ClN8O8. The number of nitrogens with one attached hydrogen (secondary N) is 1. The summed E-state index contributed by atoms with van der Waals surface area (Å²) in [6.07, 6.45) is 5.01. The predicted octanol–water partition coefficient (Wildman–Crippen LogP) is 8.67. The molecule has 16 nitrogen and oxygen atoms in total. The Morgan fingerprint density at radius 3 is 1.60 bits per heavy atom. The smallest absolute Gasteiger partial charge is 0.410 e. The van der Waals surface area contributed by atoms with E-state index >= 15 is 0 Å². The summed E-state index contributed by atoms with van der Waals surface area (Å²) in [6, 6.07) is 37.6. The van der Waals surface area contributed by atoms with E-state index in [9.17, 15) is 19.2 Å². The molecule has 0 spiro atoms. The van der Waals surface area contributed by atoms with Gasteiger partial charge in [-0.2, -0.15) is 0 Å². The van der Waals surface area contributed by atoms with Crippen LogP contribution < -0.4 is 20.5 Å². The fraction of sp³-hybridized carbons (Fsp3) is 0.280. The van der Waals surface area contributed by atoms with Crippen molar-refractivity contribution in [3.8, 4) is 34.0 Å². The van der Waals surface area contributed by atoms with Crippen LogP contribution in [0, 0.1) is 11.8 Å². The number of ether oxygens (including phenoxy) is 4. The number of hydrogen-bond donors (Lipinski definition) is 2. The van der Waals surface area contributed by atoms with Crippen LogP contribution in [-0.4, -0.2) is 93.5 Å². The minimum atomic E-state index is -0.406.